The number of hydrogen-bond donors (Lipinski definition) is 4. The Bertz CT molecular complexity index is 1060. The number of hydrogen-bond acceptors (Lipinski definition) is 5. The molecule has 0 amide bonds. The zero-order valence-corrected chi connectivity index (χ0v) is 14.8. The number of aromatic nitrogens is 1. The largest absolute Gasteiger partial charge is 0.478 e. The fourth-order valence-corrected chi connectivity index (χ4v) is 3.49. The van der Waals surface area contributed by atoms with Crippen LogP contribution in [0, 0.1) is 0 Å². The average molecular weight is 411 g/mol. The number of alkyl halides is 3. The molecule has 0 bridgehead atoms. The van der Waals surface area contributed by atoms with Crippen molar-refractivity contribution in [2.45, 2.75) is 19.0 Å². The van der Waals surface area contributed by atoms with Crippen molar-refractivity contribution in [1.29, 1.82) is 0 Å². The van der Waals surface area contributed by atoms with Crippen LogP contribution in [0.1, 0.15) is 39.1 Å². The summed E-state index contributed by atoms with van der Waals surface area (Å²) in [6, 6.07) is 2.97. The molecule has 154 valence electrons. The van der Waals surface area contributed by atoms with Gasteiger partial charge in [-0.25, -0.2) is 9.59 Å². The number of aromatic carboxylic acids is 2. The Balaban J connectivity index is 2.35. The predicted octanol–water partition coefficient (Wildman–Crippen LogP) is 2.64. The number of nitrogens with zero attached hydrogens (tertiary/aromatic N) is 1. The Morgan fingerprint density at radius 2 is 1.66 bits per heavy atom. The molecule has 11 heteroatoms. The van der Waals surface area contributed by atoms with E-state index in [-0.39, 0.29) is 11.3 Å². The second-order valence-electron chi connectivity index (χ2n) is 6.53. The molecule has 0 unspecified atom stereocenters. The van der Waals surface area contributed by atoms with Gasteiger partial charge in [-0.05, 0) is 30.5 Å². The zero-order valence-electron chi connectivity index (χ0n) is 14.8. The molecule has 0 radical (unpaired) electrons. The van der Waals surface area contributed by atoms with Crippen molar-refractivity contribution >= 4 is 23.4 Å². The van der Waals surface area contributed by atoms with Crippen LogP contribution in [0.25, 0.3) is 11.1 Å². The summed E-state index contributed by atoms with van der Waals surface area (Å²) in [5.74, 6) is -4.13. The number of nitrogen functional groups attached to an aromatic ring is 1. The Hall–Kier alpha value is -3.50. The third kappa shape index (κ3) is 3.62. The van der Waals surface area contributed by atoms with E-state index in [1.807, 2.05) is 4.98 Å². The minimum Gasteiger partial charge on any atom is -0.478 e. The van der Waals surface area contributed by atoms with Crippen LogP contribution in [0.3, 0.4) is 0 Å². The molecule has 0 spiro atoms. The van der Waals surface area contributed by atoms with E-state index in [9.17, 15) is 37.8 Å². The van der Waals surface area contributed by atoms with E-state index in [0.717, 1.165) is 25.0 Å². The van der Waals surface area contributed by atoms with Crippen molar-refractivity contribution in [2.75, 3.05) is 23.7 Å². The van der Waals surface area contributed by atoms with Crippen LogP contribution in [-0.4, -0.2) is 40.2 Å². The normalized spacial score (nSPS) is 14.2. The molecule has 0 saturated carbocycles. The maximum absolute atomic E-state index is 13.7. The molecule has 1 aliphatic rings. The molecule has 0 atom stereocenters. The highest BCUT2D eigenvalue weighted by Crippen LogP contribution is 2.41. The monoisotopic (exact) mass is 411 g/mol. The van der Waals surface area contributed by atoms with Gasteiger partial charge in [0.25, 0.3) is 5.56 Å². The lowest BCUT2D eigenvalue weighted by Gasteiger charge is -2.24. The van der Waals surface area contributed by atoms with E-state index >= 15 is 0 Å². The van der Waals surface area contributed by atoms with E-state index in [1.54, 1.807) is 4.90 Å². The summed E-state index contributed by atoms with van der Waals surface area (Å²) in [4.78, 5) is 38.7. The summed E-state index contributed by atoms with van der Waals surface area (Å²) in [5.41, 5.74) is 0.316. The van der Waals surface area contributed by atoms with Crippen molar-refractivity contribution in [2.24, 2.45) is 0 Å². The highest BCUT2D eigenvalue weighted by Gasteiger charge is 2.37. The zero-order chi connectivity index (χ0) is 21.5. The van der Waals surface area contributed by atoms with E-state index < -0.39 is 51.7 Å². The molecule has 3 rings (SSSR count). The van der Waals surface area contributed by atoms with Gasteiger partial charge in [0.15, 0.2) is 0 Å². The first kappa shape index (κ1) is 20.2. The molecule has 1 aliphatic heterocycles. The number of anilines is 2. The summed E-state index contributed by atoms with van der Waals surface area (Å²) >= 11 is 0. The van der Waals surface area contributed by atoms with E-state index in [2.05, 4.69) is 0 Å². The Labute approximate surface area is 161 Å². The molecule has 0 aliphatic carbocycles. The number of H-pyrrole nitrogens is 1. The molecular formula is C18H16F3N3O5. The number of carboxylic acid groups (broad SMARTS) is 2. The number of pyridine rings is 1. The maximum atomic E-state index is 13.7. The number of nitrogens with two attached hydrogens (primary N) is 1. The van der Waals surface area contributed by atoms with Gasteiger partial charge in [0, 0.05) is 24.3 Å². The first-order valence-corrected chi connectivity index (χ1v) is 8.51. The molecule has 1 aromatic heterocycles. The fraction of sp³-hybridized carbons (Fsp3) is 0.278. The number of carbonyl (C=O) groups is 2. The second-order valence-corrected chi connectivity index (χ2v) is 6.53. The van der Waals surface area contributed by atoms with Crippen molar-refractivity contribution in [3.63, 3.8) is 0 Å². The number of nitrogens with one attached hydrogen (secondary N) is 1. The van der Waals surface area contributed by atoms with Crippen LogP contribution in [0.4, 0.5) is 24.7 Å². The van der Waals surface area contributed by atoms with Crippen LogP contribution in [0.2, 0.25) is 0 Å². The number of benzene rings is 1. The van der Waals surface area contributed by atoms with Crippen LogP contribution in [-0.2, 0) is 6.18 Å². The molecule has 5 N–H and O–H groups in total. The van der Waals surface area contributed by atoms with Gasteiger partial charge in [0.05, 0.1) is 5.56 Å². The minimum atomic E-state index is -4.78. The summed E-state index contributed by atoms with van der Waals surface area (Å²) in [7, 11) is 0. The Kier molecular flexibility index (Phi) is 4.99. The summed E-state index contributed by atoms with van der Waals surface area (Å²) in [6.07, 6.45) is -3.32. The van der Waals surface area contributed by atoms with Gasteiger partial charge in [0.2, 0.25) is 0 Å². The van der Waals surface area contributed by atoms with Gasteiger partial charge in [-0.2, -0.15) is 13.2 Å². The second kappa shape index (κ2) is 7.15. The van der Waals surface area contributed by atoms with Gasteiger partial charge in [-0.3, -0.25) is 4.79 Å². The standard InChI is InChI=1S/C18H16F3N3O5/c19-18(20,21)9-7-8(3-4-10(9)24-5-1-2-6-24)11-12(16(26)27)14(22)23-15(25)13(11)17(28)29/h3-4,7H,1-2,5-6H2,(H,26,27)(H,28,29)(H3,22,23,25). The first-order valence-electron chi connectivity index (χ1n) is 8.51. The predicted molar refractivity (Wildman–Crippen MR) is 97.3 cm³/mol. The SMILES string of the molecule is Nc1[nH]c(=O)c(C(=O)O)c(-c2ccc(N3CCCC3)c(C(F)(F)F)c2)c1C(=O)O. The molecular weight excluding hydrogens is 395 g/mol. The summed E-state index contributed by atoms with van der Waals surface area (Å²) in [6.45, 7) is 0.863. The number of aromatic amines is 1. The highest BCUT2D eigenvalue weighted by atomic mass is 19.4. The highest BCUT2D eigenvalue weighted by molar-refractivity contribution is 6.07. The van der Waals surface area contributed by atoms with Crippen LogP contribution < -0.4 is 16.2 Å². The number of rotatable bonds is 4. The molecule has 2 aromatic rings. The lowest BCUT2D eigenvalue weighted by Crippen LogP contribution is -2.25. The number of halogens is 3. The van der Waals surface area contributed by atoms with Gasteiger partial charge in [-0.15, -0.1) is 0 Å². The van der Waals surface area contributed by atoms with Crippen molar-refractivity contribution in [3.05, 3.63) is 45.2 Å². The van der Waals surface area contributed by atoms with Crippen molar-refractivity contribution in [3.8, 4) is 11.1 Å². The summed E-state index contributed by atoms with van der Waals surface area (Å²) in [5, 5.41) is 18.8. The fourth-order valence-electron chi connectivity index (χ4n) is 3.49. The molecule has 8 nitrogen and oxygen atoms in total. The van der Waals surface area contributed by atoms with Gasteiger partial charge in [0.1, 0.15) is 16.9 Å². The molecule has 2 heterocycles. The number of carboxylic acids is 2. The maximum Gasteiger partial charge on any atom is 0.418 e. The van der Waals surface area contributed by atoms with Gasteiger partial charge < -0.3 is 25.8 Å². The van der Waals surface area contributed by atoms with Crippen LogP contribution in [0.5, 0.6) is 0 Å². The lowest BCUT2D eigenvalue weighted by atomic mass is 9.93. The van der Waals surface area contributed by atoms with Crippen molar-refractivity contribution < 1.29 is 33.0 Å². The van der Waals surface area contributed by atoms with Gasteiger partial charge >= 0.3 is 18.1 Å². The quantitative estimate of drug-likeness (QED) is 0.607. The Morgan fingerprint density at radius 1 is 1.07 bits per heavy atom. The molecule has 1 aromatic carbocycles. The molecule has 1 fully saturated rings. The van der Waals surface area contributed by atoms with Crippen LogP contribution >= 0.6 is 0 Å². The first-order chi connectivity index (χ1) is 13.5. The lowest BCUT2D eigenvalue weighted by molar-refractivity contribution is -0.137. The molecule has 29 heavy (non-hydrogen) atoms. The smallest absolute Gasteiger partial charge is 0.418 e. The molecule has 1 saturated heterocycles. The summed E-state index contributed by atoms with van der Waals surface area (Å²) < 4.78 is 41.2. The van der Waals surface area contributed by atoms with E-state index in [4.69, 9.17) is 5.73 Å². The third-order valence-electron chi connectivity index (χ3n) is 4.71. The van der Waals surface area contributed by atoms with Crippen molar-refractivity contribution in [1.82, 2.24) is 4.98 Å². The third-order valence-corrected chi connectivity index (χ3v) is 4.71. The Morgan fingerprint density at radius 3 is 2.17 bits per heavy atom. The van der Waals surface area contributed by atoms with E-state index in [0.29, 0.717) is 19.2 Å². The topological polar surface area (TPSA) is 137 Å². The minimum absolute atomic E-state index is 0.0923. The average Bonchev–Trinajstić information content (AvgIpc) is 3.13. The van der Waals surface area contributed by atoms with Gasteiger partial charge in [-0.1, -0.05) is 6.07 Å². The van der Waals surface area contributed by atoms with E-state index in [1.165, 1.54) is 0 Å². The van der Waals surface area contributed by atoms with Crippen LogP contribution in [0.15, 0.2) is 23.0 Å².